The van der Waals surface area contributed by atoms with Gasteiger partial charge in [0.05, 0.1) is 6.04 Å². The lowest BCUT2D eigenvalue weighted by Crippen LogP contribution is -2.34. The van der Waals surface area contributed by atoms with E-state index in [-0.39, 0.29) is 5.91 Å². The number of likely N-dealkylation sites (N-methyl/N-ethyl adjacent to an activating group) is 1. The molecule has 0 radical (unpaired) electrons. The number of nitrogens with one attached hydrogen (secondary N) is 3. The van der Waals surface area contributed by atoms with Gasteiger partial charge in [0, 0.05) is 36.3 Å². The molecule has 2 heterocycles. The molecule has 0 aliphatic carbocycles. The monoisotopic (exact) mass is 364 g/mol. The minimum Gasteiger partial charge on any atom is -0.378 e. The number of rotatable bonds is 5. The standard InChI is InChI=1S/C22H28N4O/c1-26(2)13-12-24-22(27)16-8-9-19-18(14-16)21-17(10-11-23-21)20(25-19)15-6-4-3-5-7-15/h3-9,14,17,20-21,23,25H,10-13H2,1-2H3,(H,24,27). The van der Waals surface area contributed by atoms with Gasteiger partial charge in [-0.3, -0.25) is 4.79 Å². The van der Waals surface area contributed by atoms with Crippen LogP contribution < -0.4 is 16.0 Å². The van der Waals surface area contributed by atoms with Gasteiger partial charge in [0.15, 0.2) is 0 Å². The summed E-state index contributed by atoms with van der Waals surface area (Å²) in [6.07, 6.45) is 1.13. The van der Waals surface area contributed by atoms with E-state index in [1.807, 2.05) is 20.2 Å². The van der Waals surface area contributed by atoms with E-state index in [9.17, 15) is 4.79 Å². The average molecular weight is 364 g/mol. The van der Waals surface area contributed by atoms with Crippen LogP contribution in [-0.2, 0) is 0 Å². The average Bonchev–Trinajstić information content (AvgIpc) is 3.17. The predicted octanol–water partition coefficient (Wildman–Crippen LogP) is 2.80. The van der Waals surface area contributed by atoms with Crippen molar-refractivity contribution in [2.45, 2.75) is 18.5 Å². The van der Waals surface area contributed by atoms with Gasteiger partial charge >= 0.3 is 0 Å². The normalized spacial score (nSPS) is 23.4. The number of carbonyl (C=O) groups is 1. The van der Waals surface area contributed by atoms with Crippen molar-refractivity contribution in [3.63, 3.8) is 0 Å². The maximum atomic E-state index is 12.5. The van der Waals surface area contributed by atoms with Crippen LogP contribution in [0.3, 0.4) is 0 Å². The smallest absolute Gasteiger partial charge is 0.251 e. The Balaban J connectivity index is 1.57. The van der Waals surface area contributed by atoms with E-state index in [4.69, 9.17) is 0 Å². The van der Waals surface area contributed by atoms with Crippen molar-refractivity contribution >= 4 is 11.6 Å². The lowest BCUT2D eigenvalue weighted by Gasteiger charge is -2.37. The first kappa shape index (κ1) is 18.0. The lowest BCUT2D eigenvalue weighted by molar-refractivity contribution is 0.0951. The summed E-state index contributed by atoms with van der Waals surface area (Å²) in [5, 5.41) is 10.4. The molecule has 5 nitrogen and oxygen atoms in total. The molecule has 3 atom stereocenters. The van der Waals surface area contributed by atoms with Gasteiger partial charge < -0.3 is 20.9 Å². The molecule has 0 saturated carbocycles. The van der Waals surface area contributed by atoms with Gasteiger partial charge in [0.25, 0.3) is 5.91 Å². The zero-order valence-corrected chi connectivity index (χ0v) is 16.0. The fraction of sp³-hybridized carbons (Fsp3) is 0.409. The number of nitrogens with zero attached hydrogens (tertiary/aromatic N) is 1. The molecule has 1 amide bonds. The Labute approximate surface area is 161 Å². The zero-order valence-electron chi connectivity index (χ0n) is 16.0. The molecule has 0 spiro atoms. The third-order valence-electron chi connectivity index (χ3n) is 5.66. The van der Waals surface area contributed by atoms with Crippen molar-refractivity contribution in [2.75, 3.05) is 39.0 Å². The molecule has 0 aromatic heterocycles. The van der Waals surface area contributed by atoms with Crippen LogP contribution in [0, 0.1) is 5.92 Å². The molecule has 2 aliphatic rings. The van der Waals surface area contributed by atoms with Crippen molar-refractivity contribution in [1.29, 1.82) is 0 Å². The summed E-state index contributed by atoms with van der Waals surface area (Å²) in [4.78, 5) is 14.6. The van der Waals surface area contributed by atoms with Crippen molar-refractivity contribution in [3.8, 4) is 0 Å². The second-order valence-electron chi connectivity index (χ2n) is 7.78. The van der Waals surface area contributed by atoms with Gasteiger partial charge in [-0.25, -0.2) is 0 Å². The van der Waals surface area contributed by atoms with Gasteiger partial charge in [-0.1, -0.05) is 30.3 Å². The van der Waals surface area contributed by atoms with Crippen LogP contribution in [0.25, 0.3) is 0 Å². The Kier molecular flexibility index (Phi) is 5.14. The van der Waals surface area contributed by atoms with Crippen LogP contribution in [-0.4, -0.2) is 44.5 Å². The molecule has 2 aromatic carbocycles. The second kappa shape index (κ2) is 7.71. The molecule has 3 unspecified atom stereocenters. The summed E-state index contributed by atoms with van der Waals surface area (Å²) in [5.41, 5.74) is 4.40. The van der Waals surface area contributed by atoms with Crippen molar-refractivity contribution in [2.24, 2.45) is 5.92 Å². The first-order chi connectivity index (χ1) is 13.1. The molecule has 2 aromatic rings. The van der Waals surface area contributed by atoms with Gasteiger partial charge in [0.2, 0.25) is 0 Å². The van der Waals surface area contributed by atoms with E-state index in [2.05, 4.69) is 63.3 Å². The molecule has 4 rings (SSSR count). The number of hydrogen-bond acceptors (Lipinski definition) is 4. The highest BCUT2D eigenvalue weighted by Crippen LogP contribution is 2.47. The Hall–Kier alpha value is -2.37. The molecule has 3 N–H and O–H groups in total. The van der Waals surface area contributed by atoms with Crippen LogP contribution in [0.15, 0.2) is 48.5 Å². The summed E-state index contributed by atoms with van der Waals surface area (Å²) >= 11 is 0. The van der Waals surface area contributed by atoms with Gasteiger partial charge in [-0.2, -0.15) is 0 Å². The maximum Gasteiger partial charge on any atom is 0.251 e. The van der Waals surface area contributed by atoms with Crippen molar-refractivity contribution in [3.05, 3.63) is 65.2 Å². The molecule has 1 saturated heterocycles. The summed E-state index contributed by atoms with van der Waals surface area (Å²) in [6, 6.07) is 17.3. The highest BCUT2D eigenvalue weighted by Gasteiger charge is 2.40. The third-order valence-corrected chi connectivity index (χ3v) is 5.66. The molecule has 5 heteroatoms. The van der Waals surface area contributed by atoms with Crippen LogP contribution in [0.5, 0.6) is 0 Å². The van der Waals surface area contributed by atoms with E-state index in [1.54, 1.807) is 0 Å². The molecule has 0 bridgehead atoms. The number of fused-ring (bicyclic) bond motifs is 3. The van der Waals surface area contributed by atoms with Gasteiger partial charge in [0.1, 0.15) is 0 Å². The number of amides is 1. The van der Waals surface area contributed by atoms with Crippen molar-refractivity contribution in [1.82, 2.24) is 15.5 Å². The van der Waals surface area contributed by atoms with E-state index < -0.39 is 0 Å². The number of hydrogen-bond donors (Lipinski definition) is 3. The molecule has 142 valence electrons. The quantitative estimate of drug-likeness (QED) is 0.764. The predicted molar refractivity (Wildman–Crippen MR) is 109 cm³/mol. The first-order valence-corrected chi connectivity index (χ1v) is 9.75. The summed E-state index contributed by atoms with van der Waals surface area (Å²) in [6.45, 7) is 2.50. The van der Waals surface area contributed by atoms with E-state index >= 15 is 0 Å². The lowest BCUT2D eigenvalue weighted by atomic mass is 9.80. The summed E-state index contributed by atoms with van der Waals surface area (Å²) in [5.74, 6) is 0.492. The molecular formula is C22H28N4O. The number of carbonyl (C=O) groups excluding carboxylic acids is 1. The van der Waals surface area contributed by atoms with Crippen LogP contribution in [0.2, 0.25) is 0 Å². The Morgan fingerprint density at radius 3 is 2.74 bits per heavy atom. The summed E-state index contributed by atoms with van der Waals surface area (Å²) < 4.78 is 0. The van der Waals surface area contributed by atoms with Crippen LogP contribution >= 0.6 is 0 Å². The minimum atomic E-state index is -0.000574. The molecule has 2 aliphatic heterocycles. The maximum absolute atomic E-state index is 12.5. The number of anilines is 1. The highest BCUT2D eigenvalue weighted by atomic mass is 16.1. The largest absolute Gasteiger partial charge is 0.378 e. The first-order valence-electron chi connectivity index (χ1n) is 9.75. The van der Waals surface area contributed by atoms with Gasteiger partial charge in [-0.15, -0.1) is 0 Å². The fourth-order valence-corrected chi connectivity index (χ4v) is 4.28. The molecule has 27 heavy (non-hydrogen) atoms. The molecule has 1 fully saturated rings. The topological polar surface area (TPSA) is 56.4 Å². The van der Waals surface area contributed by atoms with Crippen LogP contribution in [0.4, 0.5) is 5.69 Å². The zero-order chi connectivity index (χ0) is 18.8. The van der Waals surface area contributed by atoms with Crippen LogP contribution in [0.1, 0.15) is 40.0 Å². The van der Waals surface area contributed by atoms with E-state index in [0.717, 1.165) is 30.8 Å². The highest BCUT2D eigenvalue weighted by molar-refractivity contribution is 5.95. The SMILES string of the molecule is CN(C)CCNC(=O)c1ccc2c(c1)C1NCCC1C(c1ccccc1)N2. The summed E-state index contributed by atoms with van der Waals surface area (Å²) in [7, 11) is 4.01. The molecular weight excluding hydrogens is 336 g/mol. The Morgan fingerprint density at radius 2 is 1.96 bits per heavy atom. The van der Waals surface area contributed by atoms with Crippen molar-refractivity contribution < 1.29 is 4.79 Å². The fourth-order valence-electron chi connectivity index (χ4n) is 4.28. The Morgan fingerprint density at radius 1 is 1.15 bits per heavy atom. The third kappa shape index (κ3) is 3.70. The van der Waals surface area contributed by atoms with Gasteiger partial charge in [-0.05, 0) is 56.4 Å². The Bertz CT molecular complexity index is 805. The minimum absolute atomic E-state index is 0.000574. The van der Waals surface area contributed by atoms with E-state index in [0.29, 0.717) is 24.5 Å². The number of benzene rings is 2. The van der Waals surface area contributed by atoms with E-state index in [1.165, 1.54) is 11.1 Å². The second-order valence-corrected chi connectivity index (χ2v) is 7.78.